The van der Waals surface area contributed by atoms with Gasteiger partial charge in [-0.15, -0.1) is 6.58 Å². The summed E-state index contributed by atoms with van der Waals surface area (Å²) >= 11 is 0. The van der Waals surface area contributed by atoms with E-state index in [1.54, 1.807) is 7.11 Å². The van der Waals surface area contributed by atoms with Crippen LogP contribution in [0.25, 0.3) is 0 Å². The molecule has 0 bridgehead atoms. The van der Waals surface area contributed by atoms with Crippen LogP contribution in [0.5, 0.6) is 5.75 Å². The number of nitrogens with zero attached hydrogens (tertiary/aromatic N) is 1. The van der Waals surface area contributed by atoms with Crippen molar-refractivity contribution in [2.45, 2.75) is 25.0 Å². The maximum Gasteiger partial charge on any atom is 0.119 e. The first kappa shape index (κ1) is 13.1. The van der Waals surface area contributed by atoms with Crippen LogP contribution in [0.4, 0.5) is 0 Å². The van der Waals surface area contributed by atoms with Crippen molar-refractivity contribution in [2.75, 3.05) is 20.2 Å². The Morgan fingerprint density at radius 3 is 3.17 bits per heavy atom. The minimum atomic E-state index is -0.456. The minimum absolute atomic E-state index is 0.190. The molecule has 0 saturated carbocycles. The van der Waals surface area contributed by atoms with Gasteiger partial charge in [0.25, 0.3) is 0 Å². The molecule has 0 amide bonds. The van der Waals surface area contributed by atoms with Crippen LogP contribution in [-0.4, -0.2) is 36.2 Å². The zero-order chi connectivity index (χ0) is 13.0. The normalized spacial score (nSPS) is 21.8. The Labute approximate surface area is 109 Å². The molecule has 1 aliphatic heterocycles. The van der Waals surface area contributed by atoms with Crippen LogP contribution >= 0.6 is 0 Å². The van der Waals surface area contributed by atoms with Gasteiger partial charge in [-0.25, -0.2) is 0 Å². The number of aliphatic hydroxyl groups is 1. The molecule has 3 nitrogen and oxygen atoms in total. The Balaban J connectivity index is 2.13. The smallest absolute Gasteiger partial charge is 0.119 e. The summed E-state index contributed by atoms with van der Waals surface area (Å²) in [7, 11) is 1.64. The van der Waals surface area contributed by atoms with E-state index in [2.05, 4.69) is 11.5 Å². The van der Waals surface area contributed by atoms with Crippen molar-refractivity contribution in [1.29, 1.82) is 0 Å². The van der Waals surface area contributed by atoms with E-state index in [1.807, 2.05) is 30.3 Å². The van der Waals surface area contributed by atoms with Crippen LogP contribution in [0.3, 0.4) is 0 Å². The summed E-state index contributed by atoms with van der Waals surface area (Å²) in [6.07, 6.45) is 3.62. The lowest BCUT2D eigenvalue weighted by Gasteiger charge is -2.28. The zero-order valence-corrected chi connectivity index (χ0v) is 10.9. The van der Waals surface area contributed by atoms with E-state index in [4.69, 9.17) is 4.74 Å². The molecule has 0 aliphatic carbocycles. The highest BCUT2D eigenvalue weighted by Gasteiger charge is 2.30. The van der Waals surface area contributed by atoms with Crippen LogP contribution in [0.15, 0.2) is 36.9 Å². The maximum atomic E-state index is 10.5. The number of hydrogen-bond acceptors (Lipinski definition) is 3. The third-order valence-electron chi connectivity index (χ3n) is 3.58. The molecular weight excluding hydrogens is 226 g/mol. The molecule has 1 saturated heterocycles. The van der Waals surface area contributed by atoms with Gasteiger partial charge in [0.2, 0.25) is 0 Å². The summed E-state index contributed by atoms with van der Waals surface area (Å²) in [5.41, 5.74) is 0.926. The molecule has 0 spiro atoms. The van der Waals surface area contributed by atoms with Gasteiger partial charge in [-0.3, -0.25) is 4.90 Å². The van der Waals surface area contributed by atoms with Gasteiger partial charge in [-0.05, 0) is 37.1 Å². The highest BCUT2D eigenvalue weighted by Crippen LogP contribution is 2.30. The second-order valence-corrected chi connectivity index (χ2v) is 4.71. The lowest BCUT2D eigenvalue weighted by molar-refractivity contribution is 0.0784. The fraction of sp³-hybridized carbons (Fsp3) is 0.467. The Morgan fingerprint density at radius 2 is 2.44 bits per heavy atom. The molecule has 18 heavy (non-hydrogen) atoms. The zero-order valence-electron chi connectivity index (χ0n) is 10.9. The first-order valence-corrected chi connectivity index (χ1v) is 6.43. The highest BCUT2D eigenvalue weighted by molar-refractivity contribution is 5.30. The fourth-order valence-corrected chi connectivity index (χ4v) is 2.65. The molecular formula is C15H21NO2. The van der Waals surface area contributed by atoms with E-state index < -0.39 is 6.10 Å². The SMILES string of the molecule is C=CCN1CCC[C@H]1C(O)c1cccc(OC)c1. The van der Waals surface area contributed by atoms with Gasteiger partial charge < -0.3 is 9.84 Å². The second-order valence-electron chi connectivity index (χ2n) is 4.71. The van der Waals surface area contributed by atoms with Crippen molar-refractivity contribution >= 4 is 0 Å². The van der Waals surface area contributed by atoms with Crippen LogP contribution < -0.4 is 4.74 Å². The topological polar surface area (TPSA) is 32.7 Å². The minimum Gasteiger partial charge on any atom is -0.497 e. The van der Waals surface area contributed by atoms with E-state index in [0.29, 0.717) is 0 Å². The van der Waals surface area contributed by atoms with E-state index in [0.717, 1.165) is 37.2 Å². The van der Waals surface area contributed by atoms with E-state index in [9.17, 15) is 5.11 Å². The van der Waals surface area contributed by atoms with Crippen LogP contribution in [0, 0.1) is 0 Å². The molecule has 3 heteroatoms. The van der Waals surface area contributed by atoms with Crippen molar-refractivity contribution in [2.24, 2.45) is 0 Å². The fourth-order valence-electron chi connectivity index (χ4n) is 2.65. The van der Waals surface area contributed by atoms with Gasteiger partial charge in [0, 0.05) is 12.6 Å². The summed E-state index contributed by atoms with van der Waals surface area (Å²) < 4.78 is 5.20. The number of likely N-dealkylation sites (tertiary alicyclic amines) is 1. The number of hydrogen-bond donors (Lipinski definition) is 1. The molecule has 2 atom stereocenters. The summed E-state index contributed by atoms with van der Waals surface area (Å²) in [4.78, 5) is 2.29. The van der Waals surface area contributed by atoms with Crippen molar-refractivity contribution in [3.05, 3.63) is 42.5 Å². The molecule has 1 fully saturated rings. The summed E-state index contributed by atoms with van der Waals surface area (Å²) in [6, 6.07) is 7.87. The Kier molecular flexibility index (Phi) is 4.39. The van der Waals surface area contributed by atoms with Crippen molar-refractivity contribution in [3.63, 3.8) is 0 Å². The molecule has 0 aromatic heterocycles. The van der Waals surface area contributed by atoms with Crippen molar-refractivity contribution < 1.29 is 9.84 Å². The summed E-state index contributed by atoms with van der Waals surface area (Å²) in [5, 5.41) is 10.5. The average molecular weight is 247 g/mol. The largest absolute Gasteiger partial charge is 0.497 e. The predicted molar refractivity (Wildman–Crippen MR) is 72.7 cm³/mol. The lowest BCUT2D eigenvalue weighted by atomic mass is 10.00. The molecule has 1 aliphatic rings. The molecule has 1 aromatic carbocycles. The number of rotatable bonds is 5. The number of benzene rings is 1. The maximum absolute atomic E-state index is 10.5. The van der Waals surface area contributed by atoms with Gasteiger partial charge in [-0.1, -0.05) is 18.2 Å². The molecule has 1 aromatic rings. The van der Waals surface area contributed by atoms with Crippen molar-refractivity contribution in [3.8, 4) is 5.75 Å². The predicted octanol–water partition coefficient (Wildman–Crippen LogP) is 2.38. The highest BCUT2D eigenvalue weighted by atomic mass is 16.5. The van der Waals surface area contributed by atoms with Crippen LogP contribution in [0.2, 0.25) is 0 Å². The second kappa shape index (κ2) is 6.03. The van der Waals surface area contributed by atoms with Gasteiger partial charge >= 0.3 is 0 Å². The van der Waals surface area contributed by atoms with Gasteiger partial charge in [0.05, 0.1) is 13.2 Å². The molecule has 1 heterocycles. The summed E-state index contributed by atoms with van der Waals surface area (Å²) in [5.74, 6) is 0.791. The third kappa shape index (κ3) is 2.74. The lowest BCUT2D eigenvalue weighted by Crippen LogP contribution is -2.34. The number of ether oxygens (including phenoxy) is 1. The summed E-state index contributed by atoms with van der Waals surface area (Å²) in [6.45, 7) is 5.65. The molecule has 1 unspecified atom stereocenters. The molecule has 2 rings (SSSR count). The molecule has 1 N–H and O–H groups in total. The van der Waals surface area contributed by atoms with Crippen molar-refractivity contribution in [1.82, 2.24) is 4.90 Å². The van der Waals surface area contributed by atoms with Crippen LogP contribution in [0.1, 0.15) is 24.5 Å². The monoisotopic (exact) mass is 247 g/mol. The third-order valence-corrected chi connectivity index (χ3v) is 3.58. The van der Waals surface area contributed by atoms with E-state index >= 15 is 0 Å². The Morgan fingerprint density at radius 1 is 1.61 bits per heavy atom. The van der Waals surface area contributed by atoms with E-state index in [-0.39, 0.29) is 6.04 Å². The Bertz CT molecular complexity index is 405. The Hall–Kier alpha value is -1.32. The molecule has 0 radical (unpaired) electrons. The van der Waals surface area contributed by atoms with E-state index in [1.165, 1.54) is 0 Å². The first-order valence-electron chi connectivity index (χ1n) is 6.43. The average Bonchev–Trinajstić information content (AvgIpc) is 2.86. The quantitative estimate of drug-likeness (QED) is 0.811. The van der Waals surface area contributed by atoms with Gasteiger partial charge in [0.1, 0.15) is 5.75 Å². The van der Waals surface area contributed by atoms with Crippen LogP contribution in [-0.2, 0) is 0 Å². The van der Waals surface area contributed by atoms with Gasteiger partial charge in [-0.2, -0.15) is 0 Å². The molecule has 98 valence electrons. The standard InChI is InChI=1S/C15H21NO2/c1-3-9-16-10-5-8-14(16)15(17)12-6-4-7-13(11-12)18-2/h3-4,6-7,11,14-15,17H,1,5,8-10H2,2H3/t14-,15?/m0/s1. The number of methoxy groups -OCH3 is 1. The first-order chi connectivity index (χ1) is 8.76. The number of aliphatic hydroxyl groups excluding tert-OH is 1. The van der Waals surface area contributed by atoms with Gasteiger partial charge in [0.15, 0.2) is 0 Å².